The summed E-state index contributed by atoms with van der Waals surface area (Å²) in [5, 5.41) is 13.3. The monoisotopic (exact) mass is 357 g/mol. The molecule has 0 spiro atoms. The highest BCUT2D eigenvalue weighted by Gasteiger charge is 2.10. The summed E-state index contributed by atoms with van der Waals surface area (Å²) >= 11 is 3.48. The van der Waals surface area contributed by atoms with Gasteiger partial charge in [-0.05, 0) is 49.4 Å². The van der Waals surface area contributed by atoms with Gasteiger partial charge in [0, 0.05) is 16.7 Å². The molecule has 0 aliphatic carbocycles. The largest absolute Gasteiger partial charge is 0.389 e. The third-order valence-electron chi connectivity index (χ3n) is 3.35. The maximum absolute atomic E-state index is 10.0. The lowest BCUT2D eigenvalue weighted by Gasteiger charge is -2.19. The lowest BCUT2D eigenvalue weighted by molar-refractivity contribution is -0.00444. The second-order valence-corrected chi connectivity index (χ2v) is 6.88. The summed E-state index contributed by atoms with van der Waals surface area (Å²) in [5.74, 6) is 0.616. The molecule has 0 fully saturated rings. The predicted octanol–water partition coefficient (Wildman–Crippen LogP) is 4.24. The molecule has 4 heteroatoms. The van der Waals surface area contributed by atoms with Crippen molar-refractivity contribution < 1.29 is 9.84 Å². The number of aliphatic hydroxyl groups is 1. The Kier molecular flexibility index (Phi) is 8.30. The van der Waals surface area contributed by atoms with Crippen LogP contribution in [0.3, 0.4) is 0 Å². The molecule has 0 saturated heterocycles. The average molecular weight is 358 g/mol. The van der Waals surface area contributed by atoms with Crippen molar-refractivity contribution in [3.8, 4) is 0 Å². The zero-order chi connectivity index (χ0) is 15.8. The molecule has 2 N–H and O–H groups in total. The summed E-state index contributed by atoms with van der Waals surface area (Å²) in [6.45, 7) is 9.42. The molecule has 0 aliphatic heterocycles. The van der Waals surface area contributed by atoms with E-state index in [-0.39, 0.29) is 6.10 Å². The second kappa shape index (κ2) is 9.44. The van der Waals surface area contributed by atoms with Gasteiger partial charge in [0.15, 0.2) is 0 Å². The van der Waals surface area contributed by atoms with Gasteiger partial charge in [0.1, 0.15) is 0 Å². The first kappa shape index (κ1) is 18.5. The van der Waals surface area contributed by atoms with Crippen LogP contribution in [0.25, 0.3) is 0 Å². The topological polar surface area (TPSA) is 41.5 Å². The molecule has 120 valence electrons. The molecular formula is C17H28BrNO2. The zero-order valence-electron chi connectivity index (χ0n) is 13.5. The van der Waals surface area contributed by atoms with Gasteiger partial charge in [-0.15, -0.1) is 0 Å². The fourth-order valence-electron chi connectivity index (χ4n) is 2.32. The predicted molar refractivity (Wildman–Crippen MR) is 92.9 cm³/mol. The fraction of sp³-hybridized carbons (Fsp3) is 0.647. The smallest absolute Gasteiger partial charge is 0.0945 e. The summed E-state index contributed by atoms with van der Waals surface area (Å²) in [7, 11) is 0. The van der Waals surface area contributed by atoms with Crippen molar-refractivity contribution in [1.82, 2.24) is 0 Å². The van der Waals surface area contributed by atoms with E-state index < -0.39 is 6.10 Å². The number of aryl methyl sites for hydroxylation is 1. The first-order valence-corrected chi connectivity index (χ1v) is 8.53. The Morgan fingerprint density at radius 1 is 1.29 bits per heavy atom. The minimum absolute atomic E-state index is 0.193. The second-order valence-electron chi connectivity index (χ2n) is 5.96. The van der Waals surface area contributed by atoms with E-state index in [1.165, 1.54) is 5.56 Å². The quantitative estimate of drug-likeness (QED) is 0.694. The van der Waals surface area contributed by atoms with Crippen LogP contribution in [0.4, 0.5) is 5.69 Å². The molecule has 2 unspecified atom stereocenters. The number of benzene rings is 1. The number of halogens is 1. The SMILES string of the molecule is CCc1cc(Br)ccc1NCC(O)COC(C)CC(C)C. The van der Waals surface area contributed by atoms with Crippen LogP contribution in [-0.2, 0) is 11.2 Å². The van der Waals surface area contributed by atoms with Crippen molar-refractivity contribution in [3.63, 3.8) is 0 Å². The molecule has 0 heterocycles. The highest BCUT2D eigenvalue weighted by atomic mass is 79.9. The van der Waals surface area contributed by atoms with Gasteiger partial charge in [-0.2, -0.15) is 0 Å². The summed E-state index contributed by atoms with van der Waals surface area (Å²) < 4.78 is 6.76. The van der Waals surface area contributed by atoms with E-state index in [0.717, 1.165) is 23.0 Å². The zero-order valence-corrected chi connectivity index (χ0v) is 15.1. The molecule has 21 heavy (non-hydrogen) atoms. The Balaban J connectivity index is 2.37. The van der Waals surface area contributed by atoms with Crippen molar-refractivity contribution in [2.45, 2.75) is 52.7 Å². The van der Waals surface area contributed by atoms with E-state index >= 15 is 0 Å². The van der Waals surface area contributed by atoms with Crippen molar-refractivity contribution in [2.75, 3.05) is 18.5 Å². The summed E-state index contributed by atoms with van der Waals surface area (Å²) in [5.41, 5.74) is 2.32. The highest BCUT2D eigenvalue weighted by molar-refractivity contribution is 9.10. The molecule has 0 aliphatic rings. The van der Waals surface area contributed by atoms with Crippen molar-refractivity contribution in [2.24, 2.45) is 5.92 Å². The summed E-state index contributed by atoms with van der Waals surface area (Å²) in [4.78, 5) is 0. The number of rotatable bonds is 9. The third-order valence-corrected chi connectivity index (χ3v) is 3.85. The maximum atomic E-state index is 10.0. The van der Waals surface area contributed by atoms with E-state index in [1.807, 2.05) is 12.1 Å². The standard InChI is InChI=1S/C17H28BrNO2/c1-5-14-9-15(18)6-7-17(14)19-10-16(20)11-21-13(4)8-12(2)3/h6-7,9,12-13,16,19-20H,5,8,10-11H2,1-4H3. The Hall–Kier alpha value is -0.580. The van der Waals surface area contributed by atoms with Crippen LogP contribution >= 0.6 is 15.9 Å². The van der Waals surface area contributed by atoms with Gasteiger partial charge < -0.3 is 15.2 Å². The molecule has 0 bridgehead atoms. The number of ether oxygens (including phenoxy) is 1. The van der Waals surface area contributed by atoms with Gasteiger partial charge in [-0.25, -0.2) is 0 Å². The molecule has 2 atom stereocenters. The Bertz CT molecular complexity index is 423. The molecular weight excluding hydrogens is 330 g/mol. The Morgan fingerprint density at radius 3 is 2.62 bits per heavy atom. The van der Waals surface area contributed by atoms with Crippen LogP contribution in [0.2, 0.25) is 0 Å². The maximum Gasteiger partial charge on any atom is 0.0945 e. The molecule has 0 aromatic heterocycles. The fourth-order valence-corrected chi connectivity index (χ4v) is 2.73. The van der Waals surface area contributed by atoms with E-state index in [0.29, 0.717) is 19.1 Å². The summed E-state index contributed by atoms with van der Waals surface area (Å²) in [6.07, 6.45) is 1.68. The van der Waals surface area contributed by atoms with Gasteiger partial charge in [-0.1, -0.05) is 36.7 Å². The van der Waals surface area contributed by atoms with Crippen molar-refractivity contribution >= 4 is 21.6 Å². The first-order valence-electron chi connectivity index (χ1n) is 7.74. The number of nitrogens with one attached hydrogen (secondary N) is 1. The van der Waals surface area contributed by atoms with Crippen LogP contribution in [0.1, 0.15) is 39.7 Å². The average Bonchev–Trinajstić information content (AvgIpc) is 2.42. The van der Waals surface area contributed by atoms with Crippen molar-refractivity contribution in [3.05, 3.63) is 28.2 Å². The van der Waals surface area contributed by atoms with Crippen molar-refractivity contribution in [1.29, 1.82) is 0 Å². The lowest BCUT2D eigenvalue weighted by atomic mass is 10.1. The van der Waals surface area contributed by atoms with Crippen LogP contribution in [-0.4, -0.2) is 30.5 Å². The minimum atomic E-state index is -0.493. The van der Waals surface area contributed by atoms with Gasteiger partial charge in [0.05, 0.1) is 18.8 Å². The lowest BCUT2D eigenvalue weighted by Crippen LogP contribution is -2.27. The molecule has 0 saturated carbocycles. The molecule has 1 aromatic rings. The Morgan fingerprint density at radius 2 is 2.00 bits per heavy atom. The number of anilines is 1. The molecule has 0 radical (unpaired) electrons. The third kappa shape index (κ3) is 7.30. The molecule has 1 aromatic carbocycles. The summed E-state index contributed by atoms with van der Waals surface area (Å²) in [6, 6.07) is 6.16. The Labute approximate surface area is 137 Å². The van der Waals surface area contributed by atoms with Crippen LogP contribution < -0.4 is 5.32 Å². The number of aliphatic hydroxyl groups excluding tert-OH is 1. The van der Waals surface area contributed by atoms with E-state index in [2.05, 4.69) is 55.0 Å². The molecule has 0 amide bonds. The van der Waals surface area contributed by atoms with E-state index in [4.69, 9.17) is 4.74 Å². The molecule has 3 nitrogen and oxygen atoms in total. The normalized spacial score (nSPS) is 14.2. The van der Waals surface area contributed by atoms with E-state index in [1.54, 1.807) is 0 Å². The highest BCUT2D eigenvalue weighted by Crippen LogP contribution is 2.21. The van der Waals surface area contributed by atoms with Crippen LogP contribution in [0, 0.1) is 5.92 Å². The number of hydrogen-bond acceptors (Lipinski definition) is 3. The van der Waals surface area contributed by atoms with E-state index in [9.17, 15) is 5.11 Å². The van der Waals surface area contributed by atoms with Crippen LogP contribution in [0.5, 0.6) is 0 Å². The van der Waals surface area contributed by atoms with Gasteiger partial charge in [0.2, 0.25) is 0 Å². The first-order chi connectivity index (χ1) is 9.92. The number of hydrogen-bond donors (Lipinski definition) is 2. The minimum Gasteiger partial charge on any atom is -0.389 e. The van der Waals surface area contributed by atoms with Gasteiger partial charge >= 0.3 is 0 Å². The van der Waals surface area contributed by atoms with Crippen LogP contribution in [0.15, 0.2) is 22.7 Å². The van der Waals surface area contributed by atoms with Gasteiger partial charge in [0.25, 0.3) is 0 Å². The molecule has 1 rings (SSSR count). The van der Waals surface area contributed by atoms with Gasteiger partial charge in [-0.3, -0.25) is 0 Å².